The van der Waals surface area contributed by atoms with Gasteiger partial charge in [0.1, 0.15) is 6.04 Å². The summed E-state index contributed by atoms with van der Waals surface area (Å²) in [5.74, 6) is -1.18. The van der Waals surface area contributed by atoms with Crippen molar-refractivity contribution >= 4 is 17.8 Å². The van der Waals surface area contributed by atoms with Crippen molar-refractivity contribution in [1.82, 2.24) is 5.32 Å². The predicted octanol–water partition coefficient (Wildman–Crippen LogP) is 11.1. The number of aliphatic carboxylic acids is 1. The maximum Gasteiger partial charge on any atom is 0.329 e. The summed E-state index contributed by atoms with van der Waals surface area (Å²) in [6, 6.07) is -1.11. The Labute approximate surface area is 272 Å². The smallest absolute Gasteiger partial charge is 0.329 e. The normalized spacial score (nSPS) is 12.0. The van der Waals surface area contributed by atoms with E-state index in [0.717, 1.165) is 44.4 Å². The molecule has 0 unspecified atom stereocenters. The second-order valence-corrected chi connectivity index (χ2v) is 13.7. The Morgan fingerprint density at radius 2 is 0.955 bits per heavy atom. The van der Waals surface area contributed by atoms with Crippen molar-refractivity contribution < 1.29 is 24.2 Å². The molecule has 1 amide bonds. The lowest BCUT2D eigenvalue weighted by Crippen LogP contribution is -2.43. The molecule has 6 nitrogen and oxygen atoms in total. The van der Waals surface area contributed by atoms with Crippen molar-refractivity contribution in [2.45, 2.75) is 213 Å². The third-order valence-electron chi connectivity index (χ3n) is 8.68. The molecule has 0 rings (SSSR count). The molecule has 0 bridgehead atoms. The van der Waals surface area contributed by atoms with Crippen LogP contribution in [0.5, 0.6) is 0 Å². The van der Waals surface area contributed by atoms with Crippen molar-refractivity contribution in [3.63, 3.8) is 0 Å². The lowest BCUT2D eigenvalue weighted by molar-refractivity contribution is -0.151. The van der Waals surface area contributed by atoms with Crippen LogP contribution in [-0.2, 0) is 19.1 Å². The molecule has 0 saturated carbocycles. The minimum absolute atomic E-state index is 0.266. The van der Waals surface area contributed by atoms with Crippen molar-refractivity contribution in [3.8, 4) is 0 Å². The number of hydrogen-bond donors (Lipinski definition) is 2. The largest absolute Gasteiger partial charge is 0.481 e. The molecule has 1 atom stereocenters. The second kappa shape index (κ2) is 32.8. The molecule has 0 aromatic rings. The highest BCUT2D eigenvalue weighted by Gasteiger charge is 2.25. The SMILES string of the molecule is CCCCCCCCCCCCCCCC(=O)N[C@@H](CC(=O)O)C(=O)OCCCCCCCCCCCCCCCC(C)C. The van der Waals surface area contributed by atoms with Gasteiger partial charge >= 0.3 is 11.9 Å². The molecule has 0 aliphatic heterocycles. The van der Waals surface area contributed by atoms with E-state index < -0.39 is 24.4 Å². The molecule has 260 valence electrons. The van der Waals surface area contributed by atoms with Crippen LogP contribution in [0.1, 0.15) is 207 Å². The van der Waals surface area contributed by atoms with E-state index in [2.05, 4.69) is 26.1 Å². The quantitative estimate of drug-likeness (QED) is 0.0549. The predicted molar refractivity (Wildman–Crippen MR) is 185 cm³/mol. The van der Waals surface area contributed by atoms with E-state index >= 15 is 0 Å². The molecule has 0 fully saturated rings. The summed E-state index contributed by atoms with van der Waals surface area (Å²) >= 11 is 0. The van der Waals surface area contributed by atoms with Crippen LogP contribution in [0.4, 0.5) is 0 Å². The number of hydrogen-bond acceptors (Lipinski definition) is 4. The van der Waals surface area contributed by atoms with Gasteiger partial charge in [0.25, 0.3) is 0 Å². The molecule has 0 heterocycles. The first-order valence-corrected chi connectivity index (χ1v) is 19.0. The van der Waals surface area contributed by atoms with Gasteiger partial charge in [0, 0.05) is 6.42 Å². The number of carbonyl (C=O) groups excluding carboxylic acids is 2. The summed E-state index contributed by atoms with van der Waals surface area (Å²) in [7, 11) is 0. The molecule has 44 heavy (non-hydrogen) atoms. The Balaban J connectivity index is 3.74. The highest BCUT2D eigenvalue weighted by molar-refractivity contribution is 5.87. The Morgan fingerprint density at radius 1 is 0.568 bits per heavy atom. The Morgan fingerprint density at radius 3 is 1.36 bits per heavy atom. The fourth-order valence-electron chi connectivity index (χ4n) is 5.81. The third-order valence-corrected chi connectivity index (χ3v) is 8.68. The summed E-state index contributed by atoms with van der Waals surface area (Å²) in [6.07, 6.45) is 33.6. The molecule has 2 N–H and O–H groups in total. The number of carboxylic acids is 1. The molecule has 0 radical (unpaired) electrons. The standard InChI is InChI=1S/C38H73NO5/c1-4-5-6-7-8-9-10-12-16-19-22-25-28-31-36(40)39-35(33-37(41)42)38(43)44-32-29-26-23-20-17-14-11-13-15-18-21-24-27-30-34(2)3/h34-35H,4-33H2,1-3H3,(H,39,40)(H,41,42)/t35-/m0/s1. The fourth-order valence-corrected chi connectivity index (χ4v) is 5.81. The van der Waals surface area contributed by atoms with Crippen LogP contribution >= 0.6 is 0 Å². The van der Waals surface area contributed by atoms with Crippen LogP contribution in [0, 0.1) is 5.92 Å². The first-order chi connectivity index (χ1) is 21.4. The van der Waals surface area contributed by atoms with Gasteiger partial charge in [-0.1, -0.05) is 181 Å². The van der Waals surface area contributed by atoms with Gasteiger partial charge < -0.3 is 15.2 Å². The van der Waals surface area contributed by atoms with Gasteiger partial charge in [-0.3, -0.25) is 9.59 Å². The monoisotopic (exact) mass is 624 g/mol. The Bertz CT molecular complexity index is 666. The summed E-state index contributed by atoms with van der Waals surface area (Å²) < 4.78 is 5.33. The summed E-state index contributed by atoms with van der Waals surface area (Å²) in [6.45, 7) is 7.14. The summed E-state index contributed by atoms with van der Waals surface area (Å²) in [5, 5.41) is 11.8. The van der Waals surface area contributed by atoms with Gasteiger partial charge in [-0.05, 0) is 18.8 Å². The number of nitrogens with one attached hydrogen (secondary N) is 1. The zero-order valence-electron chi connectivity index (χ0n) is 29.4. The van der Waals surface area contributed by atoms with Gasteiger partial charge in [0.05, 0.1) is 13.0 Å². The van der Waals surface area contributed by atoms with Crippen LogP contribution in [0.3, 0.4) is 0 Å². The van der Waals surface area contributed by atoms with Crippen LogP contribution in [0.15, 0.2) is 0 Å². The van der Waals surface area contributed by atoms with Crippen LogP contribution in [0.25, 0.3) is 0 Å². The number of ether oxygens (including phenoxy) is 1. The fraction of sp³-hybridized carbons (Fsp3) is 0.921. The molecule has 6 heteroatoms. The molecule has 0 aromatic carbocycles. The first-order valence-electron chi connectivity index (χ1n) is 19.0. The zero-order chi connectivity index (χ0) is 32.5. The summed E-state index contributed by atoms with van der Waals surface area (Å²) in [5.41, 5.74) is 0. The minimum atomic E-state index is -1.12. The van der Waals surface area contributed by atoms with Gasteiger partial charge in [-0.2, -0.15) is 0 Å². The van der Waals surface area contributed by atoms with Gasteiger partial charge in [-0.25, -0.2) is 4.79 Å². The van der Waals surface area contributed by atoms with E-state index in [0.29, 0.717) is 6.42 Å². The lowest BCUT2D eigenvalue weighted by Gasteiger charge is -2.16. The van der Waals surface area contributed by atoms with Crippen LogP contribution < -0.4 is 5.32 Å². The molecule has 0 aromatic heterocycles. The molecule has 0 aliphatic carbocycles. The van der Waals surface area contributed by atoms with E-state index in [1.165, 1.54) is 135 Å². The average molecular weight is 624 g/mol. The van der Waals surface area contributed by atoms with E-state index in [1.807, 2.05) is 0 Å². The lowest BCUT2D eigenvalue weighted by atomic mass is 10.0. The van der Waals surface area contributed by atoms with E-state index in [-0.39, 0.29) is 12.5 Å². The third kappa shape index (κ3) is 31.8. The topological polar surface area (TPSA) is 92.7 Å². The van der Waals surface area contributed by atoms with Crippen molar-refractivity contribution in [2.24, 2.45) is 5.92 Å². The number of amides is 1. The van der Waals surface area contributed by atoms with Crippen molar-refractivity contribution in [3.05, 3.63) is 0 Å². The van der Waals surface area contributed by atoms with Crippen molar-refractivity contribution in [2.75, 3.05) is 6.61 Å². The molecule has 0 aliphatic rings. The van der Waals surface area contributed by atoms with Crippen LogP contribution in [0.2, 0.25) is 0 Å². The van der Waals surface area contributed by atoms with Gasteiger partial charge in [0.15, 0.2) is 0 Å². The van der Waals surface area contributed by atoms with Gasteiger partial charge in [0.2, 0.25) is 5.91 Å². The van der Waals surface area contributed by atoms with E-state index in [4.69, 9.17) is 4.74 Å². The first kappa shape index (κ1) is 42.4. The number of esters is 1. The Hall–Kier alpha value is -1.59. The van der Waals surface area contributed by atoms with Gasteiger partial charge in [-0.15, -0.1) is 0 Å². The Kier molecular flexibility index (Phi) is 31.6. The van der Waals surface area contributed by atoms with E-state index in [9.17, 15) is 19.5 Å². The number of carbonyl (C=O) groups is 3. The number of unbranched alkanes of at least 4 members (excludes halogenated alkanes) is 24. The average Bonchev–Trinajstić information content (AvgIpc) is 2.98. The highest BCUT2D eigenvalue weighted by Crippen LogP contribution is 2.15. The molecule has 0 spiro atoms. The second-order valence-electron chi connectivity index (χ2n) is 13.7. The number of carboxylic acid groups (broad SMARTS) is 1. The molecular weight excluding hydrogens is 550 g/mol. The molecule has 0 saturated heterocycles. The molecular formula is C38H73NO5. The van der Waals surface area contributed by atoms with E-state index in [1.54, 1.807) is 0 Å². The van der Waals surface area contributed by atoms with Crippen LogP contribution in [-0.4, -0.2) is 35.6 Å². The minimum Gasteiger partial charge on any atom is -0.481 e. The maximum absolute atomic E-state index is 12.5. The zero-order valence-corrected chi connectivity index (χ0v) is 29.4. The maximum atomic E-state index is 12.5. The highest BCUT2D eigenvalue weighted by atomic mass is 16.5. The number of rotatable bonds is 34. The summed E-state index contributed by atoms with van der Waals surface area (Å²) in [4.78, 5) is 36.1. The van der Waals surface area contributed by atoms with Crippen molar-refractivity contribution in [1.29, 1.82) is 0 Å².